The maximum absolute atomic E-state index is 12.2. The molecule has 1 aromatic heterocycles. The van der Waals surface area contributed by atoms with Gasteiger partial charge in [0, 0.05) is 42.5 Å². The highest BCUT2D eigenvalue weighted by atomic mass is 16.3. The van der Waals surface area contributed by atoms with Crippen LogP contribution in [0.3, 0.4) is 0 Å². The van der Waals surface area contributed by atoms with Gasteiger partial charge in [-0.2, -0.15) is 0 Å². The number of hydrogen-bond donors (Lipinski definition) is 0. The van der Waals surface area contributed by atoms with Crippen LogP contribution in [0.15, 0.2) is 51.8 Å². The van der Waals surface area contributed by atoms with Crippen LogP contribution < -0.4 is 10.3 Å². The van der Waals surface area contributed by atoms with Crippen molar-refractivity contribution in [1.82, 2.24) is 9.97 Å². The van der Waals surface area contributed by atoms with Crippen molar-refractivity contribution in [3.05, 3.63) is 52.8 Å². The molecule has 0 saturated heterocycles. The Kier molecular flexibility index (Phi) is 3.41. The molecule has 0 atom stereocenters. The fraction of sp³-hybridized carbons (Fsp3) is 0.211. The number of anilines is 1. The lowest BCUT2D eigenvalue weighted by molar-refractivity contribution is 0.613. The van der Waals surface area contributed by atoms with Crippen LogP contribution in [0.5, 0.6) is 0 Å². The smallest absolute Gasteiger partial charge is 0.208 e. The van der Waals surface area contributed by atoms with Crippen LogP contribution in [0.4, 0.5) is 5.69 Å². The molecule has 24 heavy (non-hydrogen) atoms. The molecule has 5 nitrogen and oxygen atoms in total. The van der Waals surface area contributed by atoms with Crippen molar-refractivity contribution in [1.29, 1.82) is 0 Å². The van der Waals surface area contributed by atoms with E-state index in [1.807, 2.05) is 24.3 Å². The first-order chi connectivity index (χ1) is 11.7. The third-order valence-electron chi connectivity index (χ3n) is 4.32. The average Bonchev–Trinajstić information content (AvgIpc) is 2.62. The molecule has 5 heteroatoms. The Morgan fingerprint density at radius 1 is 1.12 bits per heavy atom. The Bertz CT molecular complexity index is 1070. The van der Waals surface area contributed by atoms with Gasteiger partial charge in [-0.05, 0) is 38.1 Å². The fourth-order valence-corrected chi connectivity index (χ4v) is 3.08. The second-order valence-corrected chi connectivity index (χ2v) is 5.66. The van der Waals surface area contributed by atoms with Crippen LogP contribution in [0, 0.1) is 0 Å². The first-order valence-corrected chi connectivity index (χ1v) is 8.08. The van der Waals surface area contributed by atoms with Crippen LogP contribution >= 0.6 is 0 Å². The van der Waals surface area contributed by atoms with E-state index < -0.39 is 0 Å². The van der Waals surface area contributed by atoms with Crippen LogP contribution in [-0.2, 0) is 0 Å². The first kappa shape index (κ1) is 14.6. The highest BCUT2D eigenvalue weighted by Crippen LogP contribution is 2.30. The van der Waals surface area contributed by atoms with Crippen LogP contribution in [0.2, 0.25) is 0 Å². The third kappa shape index (κ3) is 2.21. The van der Waals surface area contributed by atoms with Crippen molar-refractivity contribution >= 4 is 27.7 Å². The van der Waals surface area contributed by atoms with Gasteiger partial charge in [-0.1, -0.05) is 0 Å². The van der Waals surface area contributed by atoms with Gasteiger partial charge in [-0.25, -0.2) is 4.98 Å². The number of pyridine rings is 1. The SMILES string of the molecule is CCN(CC)c1ccc2nc3c4cccnc4c(=O)cc-3oc2c1. The molecule has 1 aliphatic heterocycles. The summed E-state index contributed by atoms with van der Waals surface area (Å²) in [5.41, 5.74) is 3.47. The second kappa shape index (κ2) is 5.60. The summed E-state index contributed by atoms with van der Waals surface area (Å²) in [6.07, 6.45) is 1.62. The molecule has 0 N–H and O–H groups in total. The van der Waals surface area contributed by atoms with Gasteiger partial charge in [0.1, 0.15) is 16.7 Å². The zero-order chi connectivity index (χ0) is 16.7. The van der Waals surface area contributed by atoms with Gasteiger partial charge in [-0.3, -0.25) is 9.78 Å². The Balaban J connectivity index is 2.02. The number of nitrogens with zero attached hydrogens (tertiary/aromatic N) is 3. The normalized spacial score (nSPS) is 11.4. The fourth-order valence-electron chi connectivity index (χ4n) is 3.08. The van der Waals surface area contributed by atoms with Gasteiger partial charge in [0.25, 0.3) is 0 Å². The Labute approximate surface area is 138 Å². The summed E-state index contributed by atoms with van der Waals surface area (Å²) in [7, 11) is 0. The monoisotopic (exact) mass is 319 g/mol. The van der Waals surface area contributed by atoms with E-state index in [4.69, 9.17) is 9.40 Å². The van der Waals surface area contributed by atoms with E-state index in [1.165, 1.54) is 6.07 Å². The van der Waals surface area contributed by atoms with E-state index in [9.17, 15) is 4.79 Å². The molecule has 0 amide bonds. The third-order valence-corrected chi connectivity index (χ3v) is 4.32. The minimum absolute atomic E-state index is 0.150. The van der Waals surface area contributed by atoms with Gasteiger partial charge < -0.3 is 9.32 Å². The summed E-state index contributed by atoms with van der Waals surface area (Å²) in [4.78, 5) is 23.4. The molecule has 120 valence electrons. The van der Waals surface area contributed by atoms with Crippen molar-refractivity contribution in [3.8, 4) is 11.5 Å². The van der Waals surface area contributed by atoms with Crippen molar-refractivity contribution in [2.45, 2.75) is 13.8 Å². The summed E-state index contributed by atoms with van der Waals surface area (Å²) in [6.45, 7) is 6.08. The van der Waals surface area contributed by atoms with Crippen molar-refractivity contribution in [2.75, 3.05) is 18.0 Å². The molecule has 0 fully saturated rings. The van der Waals surface area contributed by atoms with Gasteiger partial charge in [0.15, 0.2) is 11.3 Å². The number of benzene rings is 2. The lowest BCUT2D eigenvalue weighted by atomic mass is 10.1. The standard InChI is InChI=1S/C19H17N3O2/c1-3-22(4-2)12-7-8-14-16(10-12)24-17-11-15(23)18-13(19(17)21-14)6-5-9-20-18/h5-11H,3-4H2,1-2H3. The summed E-state index contributed by atoms with van der Waals surface area (Å²) in [5, 5.41) is 0.721. The lowest BCUT2D eigenvalue weighted by Crippen LogP contribution is -2.21. The van der Waals surface area contributed by atoms with Crippen LogP contribution in [0.1, 0.15) is 13.8 Å². The molecule has 0 saturated carbocycles. The molecule has 2 heterocycles. The lowest BCUT2D eigenvalue weighted by Gasteiger charge is -2.21. The summed E-state index contributed by atoms with van der Waals surface area (Å²) < 4.78 is 6.00. The Hall–Kier alpha value is -2.95. The predicted octanol–water partition coefficient (Wildman–Crippen LogP) is 3.69. The van der Waals surface area contributed by atoms with Crippen molar-refractivity contribution in [3.63, 3.8) is 0 Å². The van der Waals surface area contributed by atoms with Gasteiger partial charge in [-0.15, -0.1) is 0 Å². The summed E-state index contributed by atoms with van der Waals surface area (Å²) in [5.74, 6) is 0.490. The highest BCUT2D eigenvalue weighted by molar-refractivity contribution is 5.94. The van der Waals surface area contributed by atoms with E-state index in [0.29, 0.717) is 22.6 Å². The maximum atomic E-state index is 12.2. The zero-order valence-electron chi connectivity index (χ0n) is 13.6. The van der Waals surface area contributed by atoms with Gasteiger partial charge in [0.05, 0.1) is 0 Å². The highest BCUT2D eigenvalue weighted by Gasteiger charge is 2.16. The second-order valence-electron chi connectivity index (χ2n) is 5.66. The van der Waals surface area contributed by atoms with E-state index in [1.54, 1.807) is 12.3 Å². The minimum atomic E-state index is -0.150. The first-order valence-electron chi connectivity index (χ1n) is 8.08. The van der Waals surface area contributed by atoms with E-state index in [-0.39, 0.29) is 5.43 Å². The summed E-state index contributed by atoms with van der Waals surface area (Å²) in [6, 6.07) is 11.1. The molecule has 0 spiro atoms. The molecule has 0 unspecified atom stereocenters. The molecule has 0 radical (unpaired) electrons. The zero-order valence-corrected chi connectivity index (χ0v) is 13.6. The van der Waals surface area contributed by atoms with Crippen LogP contribution in [-0.4, -0.2) is 23.1 Å². The topological polar surface area (TPSA) is 59.2 Å². The summed E-state index contributed by atoms with van der Waals surface area (Å²) >= 11 is 0. The Morgan fingerprint density at radius 3 is 2.75 bits per heavy atom. The van der Waals surface area contributed by atoms with Crippen molar-refractivity contribution < 1.29 is 4.42 Å². The largest absolute Gasteiger partial charge is 0.453 e. The number of rotatable bonds is 3. The van der Waals surface area contributed by atoms with E-state index >= 15 is 0 Å². The number of fused-ring (bicyclic) bond motifs is 4. The Morgan fingerprint density at radius 2 is 1.96 bits per heavy atom. The average molecular weight is 319 g/mol. The molecular weight excluding hydrogens is 302 g/mol. The molecule has 2 aliphatic rings. The molecule has 1 aliphatic carbocycles. The van der Waals surface area contributed by atoms with Gasteiger partial charge >= 0.3 is 0 Å². The quantitative estimate of drug-likeness (QED) is 0.426. The molecule has 1 aromatic carbocycles. The minimum Gasteiger partial charge on any atom is -0.453 e. The molecule has 0 bridgehead atoms. The molecule has 4 rings (SSSR count). The van der Waals surface area contributed by atoms with E-state index in [0.717, 1.165) is 29.7 Å². The number of hydrogen-bond acceptors (Lipinski definition) is 5. The molecule has 2 aromatic rings. The maximum Gasteiger partial charge on any atom is 0.208 e. The van der Waals surface area contributed by atoms with Crippen molar-refractivity contribution in [2.24, 2.45) is 0 Å². The van der Waals surface area contributed by atoms with Gasteiger partial charge in [0.2, 0.25) is 5.43 Å². The number of aromatic nitrogens is 2. The predicted molar refractivity (Wildman–Crippen MR) is 95.8 cm³/mol. The van der Waals surface area contributed by atoms with E-state index in [2.05, 4.69) is 23.7 Å². The van der Waals surface area contributed by atoms with Crippen LogP contribution in [0.25, 0.3) is 33.5 Å². The molecular formula is C19H17N3O2.